The van der Waals surface area contributed by atoms with Gasteiger partial charge in [-0.3, -0.25) is 0 Å². The van der Waals surface area contributed by atoms with Crippen LogP contribution < -0.4 is 4.74 Å². The molecule has 0 unspecified atom stereocenters. The van der Waals surface area contributed by atoms with Gasteiger partial charge >= 0.3 is 0 Å². The first kappa shape index (κ1) is 11.3. The SMILES string of the molecule is N=CCc1ccc(COc2ccccn2)cc1. The summed E-state index contributed by atoms with van der Waals surface area (Å²) >= 11 is 0. The molecule has 1 heterocycles. The van der Waals surface area contributed by atoms with Crippen molar-refractivity contribution in [3.8, 4) is 5.88 Å². The van der Waals surface area contributed by atoms with Gasteiger partial charge in [-0.05, 0) is 23.4 Å². The fourth-order valence-corrected chi connectivity index (χ4v) is 1.48. The van der Waals surface area contributed by atoms with Crippen LogP contribution in [0.5, 0.6) is 5.88 Å². The van der Waals surface area contributed by atoms with E-state index in [0.717, 1.165) is 11.1 Å². The Morgan fingerprint density at radius 3 is 2.47 bits per heavy atom. The van der Waals surface area contributed by atoms with Gasteiger partial charge in [0.2, 0.25) is 5.88 Å². The van der Waals surface area contributed by atoms with Gasteiger partial charge in [0.05, 0.1) is 0 Å². The van der Waals surface area contributed by atoms with Gasteiger partial charge in [0.15, 0.2) is 0 Å². The topological polar surface area (TPSA) is 46.0 Å². The van der Waals surface area contributed by atoms with Crippen molar-refractivity contribution in [1.82, 2.24) is 4.98 Å². The van der Waals surface area contributed by atoms with E-state index in [2.05, 4.69) is 4.98 Å². The van der Waals surface area contributed by atoms with Crippen molar-refractivity contribution in [2.45, 2.75) is 13.0 Å². The lowest BCUT2D eigenvalue weighted by molar-refractivity contribution is 0.294. The van der Waals surface area contributed by atoms with E-state index in [-0.39, 0.29) is 0 Å². The second-order valence-electron chi connectivity index (χ2n) is 3.68. The highest BCUT2D eigenvalue weighted by atomic mass is 16.5. The number of hydrogen-bond acceptors (Lipinski definition) is 3. The minimum absolute atomic E-state index is 0.516. The molecule has 1 N–H and O–H groups in total. The molecule has 17 heavy (non-hydrogen) atoms. The van der Waals surface area contributed by atoms with Crippen LogP contribution in [0.15, 0.2) is 48.7 Å². The molecule has 0 amide bonds. The highest BCUT2D eigenvalue weighted by molar-refractivity contribution is 5.57. The number of pyridine rings is 1. The molecule has 2 aromatic rings. The highest BCUT2D eigenvalue weighted by Crippen LogP contribution is 2.09. The fraction of sp³-hybridized carbons (Fsp3) is 0.143. The normalized spacial score (nSPS) is 9.88. The Morgan fingerprint density at radius 1 is 1.06 bits per heavy atom. The maximum Gasteiger partial charge on any atom is 0.213 e. The molecular formula is C14H14N2O. The summed E-state index contributed by atoms with van der Waals surface area (Å²) in [6.07, 6.45) is 3.79. The van der Waals surface area contributed by atoms with Gasteiger partial charge in [-0.1, -0.05) is 30.3 Å². The summed E-state index contributed by atoms with van der Waals surface area (Å²) in [5.41, 5.74) is 2.24. The molecule has 0 spiro atoms. The number of ether oxygens (including phenoxy) is 1. The third-order valence-corrected chi connectivity index (χ3v) is 2.39. The Morgan fingerprint density at radius 2 is 1.82 bits per heavy atom. The molecule has 2 rings (SSSR count). The van der Waals surface area contributed by atoms with Gasteiger partial charge in [0.25, 0.3) is 0 Å². The lowest BCUT2D eigenvalue weighted by Crippen LogP contribution is -1.97. The van der Waals surface area contributed by atoms with E-state index < -0.39 is 0 Å². The van der Waals surface area contributed by atoms with Gasteiger partial charge in [0.1, 0.15) is 6.61 Å². The van der Waals surface area contributed by atoms with E-state index in [1.807, 2.05) is 42.5 Å². The van der Waals surface area contributed by atoms with Gasteiger partial charge in [-0.15, -0.1) is 0 Å². The van der Waals surface area contributed by atoms with Crippen molar-refractivity contribution >= 4 is 6.21 Å². The van der Waals surface area contributed by atoms with E-state index in [9.17, 15) is 0 Å². The average Bonchev–Trinajstić information content (AvgIpc) is 2.40. The molecular weight excluding hydrogens is 212 g/mol. The minimum atomic E-state index is 0.516. The lowest BCUT2D eigenvalue weighted by Gasteiger charge is -2.05. The molecule has 0 radical (unpaired) electrons. The number of nitrogens with zero attached hydrogens (tertiary/aromatic N) is 1. The second kappa shape index (κ2) is 5.80. The molecule has 1 aromatic heterocycles. The van der Waals surface area contributed by atoms with Gasteiger partial charge in [-0.25, -0.2) is 4.98 Å². The van der Waals surface area contributed by atoms with E-state index in [0.29, 0.717) is 18.9 Å². The summed E-state index contributed by atoms with van der Waals surface area (Å²) in [5, 5.41) is 7.03. The summed E-state index contributed by atoms with van der Waals surface area (Å²) in [6, 6.07) is 13.7. The first-order valence-corrected chi connectivity index (χ1v) is 5.49. The zero-order valence-electron chi connectivity index (χ0n) is 9.47. The smallest absolute Gasteiger partial charge is 0.213 e. The van der Waals surface area contributed by atoms with E-state index in [4.69, 9.17) is 10.1 Å². The lowest BCUT2D eigenvalue weighted by atomic mass is 10.1. The van der Waals surface area contributed by atoms with Crippen LogP contribution in [0.25, 0.3) is 0 Å². The minimum Gasteiger partial charge on any atom is -0.473 e. The van der Waals surface area contributed by atoms with Crippen LogP contribution in [0.4, 0.5) is 0 Å². The van der Waals surface area contributed by atoms with E-state index in [1.54, 1.807) is 6.20 Å². The Labute approximate surface area is 101 Å². The maximum atomic E-state index is 7.03. The first-order valence-electron chi connectivity index (χ1n) is 5.49. The molecule has 3 nitrogen and oxygen atoms in total. The molecule has 0 fully saturated rings. The first-order chi connectivity index (χ1) is 8.38. The Bertz CT molecular complexity index is 465. The molecule has 0 aliphatic carbocycles. The maximum absolute atomic E-state index is 7.03. The van der Waals surface area contributed by atoms with E-state index >= 15 is 0 Å². The van der Waals surface area contributed by atoms with Crippen LogP contribution in [0.1, 0.15) is 11.1 Å². The predicted octanol–water partition coefficient (Wildman–Crippen LogP) is 2.85. The molecule has 0 aliphatic heterocycles. The fourth-order valence-electron chi connectivity index (χ4n) is 1.48. The number of nitrogens with one attached hydrogen (secondary N) is 1. The zero-order valence-corrected chi connectivity index (χ0v) is 9.47. The van der Waals surface area contributed by atoms with E-state index in [1.165, 1.54) is 6.21 Å². The summed E-state index contributed by atoms with van der Waals surface area (Å²) in [7, 11) is 0. The zero-order chi connectivity index (χ0) is 11.9. The number of benzene rings is 1. The van der Waals surface area contributed by atoms with Crippen molar-refractivity contribution in [2.24, 2.45) is 0 Å². The van der Waals surface area contributed by atoms with Crippen molar-refractivity contribution < 1.29 is 4.74 Å². The second-order valence-corrected chi connectivity index (χ2v) is 3.68. The van der Waals surface area contributed by atoms with Crippen LogP contribution >= 0.6 is 0 Å². The molecule has 3 heteroatoms. The average molecular weight is 226 g/mol. The Balaban J connectivity index is 1.93. The highest BCUT2D eigenvalue weighted by Gasteiger charge is 1.96. The third kappa shape index (κ3) is 3.41. The summed E-state index contributed by atoms with van der Waals surface area (Å²) < 4.78 is 5.54. The third-order valence-electron chi connectivity index (χ3n) is 2.39. The molecule has 0 bridgehead atoms. The number of aromatic nitrogens is 1. The van der Waals surface area contributed by atoms with Crippen LogP contribution in [-0.4, -0.2) is 11.2 Å². The molecule has 0 aliphatic rings. The summed E-state index contributed by atoms with van der Waals surface area (Å²) in [4.78, 5) is 4.09. The van der Waals surface area contributed by atoms with Crippen molar-refractivity contribution in [2.75, 3.05) is 0 Å². The summed E-state index contributed by atoms with van der Waals surface area (Å²) in [5.74, 6) is 0.635. The van der Waals surface area contributed by atoms with Crippen LogP contribution in [0, 0.1) is 5.41 Å². The standard InChI is InChI=1S/C14H14N2O/c15-9-8-12-4-6-13(7-5-12)11-17-14-3-1-2-10-16-14/h1-7,9-10,15H,8,11H2. The predicted molar refractivity (Wildman–Crippen MR) is 67.5 cm³/mol. The van der Waals surface area contributed by atoms with Crippen LogP contribution in [-0.2, 0) is 13.0 Å². The number of rotatable bonds is 5. The Kier molecular flexibility index (Phi) is 3.86. The monoisotopic (exact) mass is 226 g/mol. The quantitative estimate of drug-likeness (QED) is 0.797. The van der Waals surface area contributed by atoms with Crippen LogP contribution in [0.3, 0.4) is 0 Å². The Hall–Kier alpha value is -2.16. The largest absolute Gasteiger partial charge is 0.473 e. The van der Waals surface area contributed by atoms with Gasteiger partial charge in [-0.2, -0.15) is 0 Å². The van der Waals surface area contributed by atoms with Crippen LogP contribution in [0.2, 0.25) is 0 Å². The molecule has 86 valence electrons. The van der Waals surface area contributed by atoms with Crippen molar-refractivity contribution in [1.29, 1.82) is 5.41 Å². The van der Waals surface area contributed by atoms with Gasteiger partial charge in [0, 0.05) is 18.7 Å². The van der Waals surface area contributed by atoms with Crippen molar-refractivity contribution in [3.05, 3.63) is 59.8 Å². The van der Waals surface area contributed by atoms with Crippen molar-refractivity contribution in [3.63, 3.8) is 0 Å². The molecule has 0 atom stereocenters. The molecule has 0 saturated heterocycles. The number of hydrogen-bond donors (Lipinski definition) is 1. The molecule has 0 saturated carbocycles. The summed E-state index contributed by atoms with van der Waals surface area (Å²) in [6.45, 7) is 0.516. The molecule has 1 aromatic carbocycles. The van der Waals surface area contributed by atoms with Gasteiger partial charge < -0.3 is 10.1 Å².